The molecular weight excluding hydrogens is 496 g/mol. The molecule has 2 heterocycles. The number of nitrogens with zero attached hydrogens (tertiary/aromatic N) is 2. The highest BCUT2D eigenvalue weighted by Gasteiger charge is 2.53. The van der Waals surface area contributed by atoms with Crippen LogP contribution in [0.4, 0.5) is 0 Å². The zero-order chi connectivity index (χ0) is 28.5. The molecule has 5 atom stereocenters. The van der Waals surface area contributed by atoms with Crippen molar-refractivity contribution in [3.8, 4) is 0 Å². The van der Waals surface area contributed by atoms with E-state index < -0.39 is 6.10 Å². The van der Waals surface area contributed by atoms with Gasteiger partial charge in [0.1, 0.15) is 0 Å². The summed E-state index contributed by atoms with van der Waals surface area (Å²) in [5.41, 5.74) is 1.66. The Bertz CT molecular complexity index is 1000. The highest BCUT2D eigenvalue weighted by atomic mass is 16.3. The van der Waals surface area contributed by atoms with E-state index in [1.165, 1.54) is 37.7 Å². The van der Waals surface area contributed by atoms with Crippen LogP contribution in [0.25, 0.3) is 0 Å². The number of amides is 2. The van der Waals surface area contributed by atoms with Crippen LogP contribution < -0.4 is 0 Å². The first-order valence-electron chi connectivity index (χ1n) is 16.5. The molecule has 1 aromatic rings. The molecule has 0 radical (unpaired) electrons. The third-order valence-electron chi connectivity index (χ3n) is 11.9. The van der Waals surface area contributed by atoms with E-state index >= 15 is 0 Å². The second-order valence-electron chi connectivity index (χ2n) is 14.4. The van der Waals surface area contributed by atoms with Gasteiger partial charge in [0.25, 0.3) is 0 Å². The summed E-state index contributed by atoms with van der Waals surface area (Å²) in [5, 5.41) is 10.1. The van der Waals surface area contributed by atoms with Crippen molar-refractivity contribution in [2.45, 2.75) is 122 Å². The van der Waals surface area contributed by atoms with E-state index in [1.54, 1.807) is 0 Å². The number of piperidine rings is 1. The molecule has 1 N–H and O–H groups in total. The van der Waals surface area contributed by atoms with Crippen molar-refractivity contribution in [2.75, 3.05) is 19.6 Å². The Labute approximate surface area is 243 Å². The number of carbonyl (C=O) groups is 2. The summed E-state index contributed by atoms with van der Waals surface area (Å²) in [7, 11) is 0. The second-order valence-corrected chi connectivity index (χ2v) is 14.4. The zero-order valence-corrected chi connectivity index (χ0v) is 25.6. The largest absolute Gasteiger partial charge is 0.391 e. The molecule has 5 rings (SSSR count). The number of β-amino-alcohol motifs (C(OH)–C–C–N with tert-alkyl or cyclic N) is 1. The third kappa shape index (κ3) is 5.61. The fourth-order valence-electron chi connectivity index (χ4n) is 8.79. The fraction of sp³-hybridized carbons (Fsp3) is 0.771. The molecule has 0 bridgehead atoms. The Morgan fingerprint density at radius 1 is 1.02 bits per heavy atom. The van der Waals surface area contributed by atoms with Gasteiger partial charge in [-0.2, -0.15) is 0 Å². The van der Waals surface area contributed by atoms with Crippen molar-refractivity contribution in [2.24, 2.45) is 29.6 Å². The monoisotopic (exact) mass is 550 g/mol. The molecule has 4 aliphatic rings. The number of aliphatic hydroxyl groups is 1. The van der Waals surface area contributed by atoms with Crippen LogP contribution in [0.15, 0.2) is 30.3 Å². The summed E-state index contributed by atoms with van der Waals surface area (Å²) in [6.07, 6.45) is 12.7. The van der Waals surface area contributed by atoms with Gasteiger partial charge in [-0.1, -0.05) is 77.3 Å². The minimum atomic E-state index is -0.428. The van der Waals surface area contributed by atoms with E-state index in [1.807, 2.05) is 11.8 Å². The van der Waals surface area contributed by atoms with E-state index in [0.717, 1.165) is 45.1 Å². The molecule has 222 valence electrons. The Hall–Kier alpha value is -1.88. The number of hydrogen-bond donors (Lipinski definition) is 1. The molecule has 2 aliphatic carbocycles. The highest BCUT2D eigenvalue weighted by molar-refractivity contribution is 5.83. The maximum absolute atomic E-state index is 14.4. The topological polar surface area (TPSA) is 60.9 Å². The summed E-state index contributed by atoms with van der Waals surface area (Å²) in [5.74, 6) is 1.78. The summed E-state index contributed by atoms with van der Waals surface area (Å²) in [6, 6.07) is 11.2. The Balaban J connectivity index is 1.32. The predicted molar refractivity (Wildman–Crippen MR) is 161 cm³/mol. The predicted octanol–water partition coefficient (Wildman–Crippen LogP) is 6.58. The lowest BCUT2D eigenvalue weighted by atomic mass is 9.56. The van der Waals surface area contributed by atoms with Crippen LogP contribution >= 0.6 is 0 Å². The molecule has 5 nitrogen and oxygen atoms in total. The number of likely N-dealkylation sites (tertiary alicyclic amines) is 2. The van der Waals surface area contributed by atoms with E-state index in [4.69, 9.17) is 0 Å². The third-order valence-corrected chi connectivity index (χ3v) is 11.9. The van der Waals surface area contributed by atoms with Crippen molar-refractivity contribution in [3.05, 3.63) is 35.9 Å². The Morgan fingerprint density at radius 2 is 1.73 bits per heavy atom. The van der Waals surface area contributed by atoms with Gasteiger partial charge in [-0.3, -0.25) is 9.59 Å². The van der Waals surface area contributed by atoms with Crippen molar-refractivity contribution < 1.29 is 14.7 Å². The number of carbonyl (C=O) groups excluding carboxylic acids is 2. The van der Waals surface area contributed by atoms with Crippen LogP contribution in [-0.2, 0) is 15.0 Å². The van der Waals surface area contributed by atoms with Gasteiger partial charge in [0.2, 0.25) is 11.8 Å². The van der Waals surface area contributed by atoms with Crippen LogP contribution in [0.2, 0.25) is 0 Å². The molecule has 0 aromatic heterocycles. The second kappa shape index (κ2) is 12.2. The van der Waals surface area contributed by atoms with Crippen molar-refractivity contribution in [1.82, 2.24) is 9.80 Å². The van der Waals surface area contributed by atoms with E-state index in [-0.39, 0.29) is 34.6 Å². The molecule has 2 amide bonds. The maximum atomic E-state index is 14.4. The summed E-state index contributed by atoms with van der Waals surface area (Å²) in [4.78, 5) is 31.7. The summed E-state index contributed by atoms with van der Waals surface area (Å²) >= 11 is 0. The van der Waals surface area contributed by atoms with E-state index in [0.29, 0.717) is 37.3 Å². The molecular formula is C35H54N2O3. The standard InChI is InChI=1S/C35H54N2O3/c1-5-10-27(4)35(29-13-7-6-8-14-29)19-17-34(18-20-35)16-15-30(33(40)37(34)23-28-11-9-12-28)25(2)21-32(39)36-22-26(3)31(38)24-36/h6-8,13-14,25-28,30-31,38H,5,9-12,15-24H2,1-4H3/t25?,26-,27?,30?,31+,34-,35-/m1/s1. The summed E-state index contributed by atoms with van der Waals surface area (Å²) < 4.78 is 0. The summed E-state index contributed by atoms with van der Waals surface area (Å²) in [6.45, 7) is 10.9. The number of aliphatic hydroxyl groups excluding tert-OH is 1. The van der Waals surface area contributed by atoms with Crippen molar-refractivity contribution in [3.63, 3.8) is 0 Å². The lowest BCUT2D eigenvalue weighted by Crippen LogP contribution is -2.62. The van der Waals surface area contributed by atoms with E-state index in [2.05, 4.69) is 56.0 Å². The molecule has 2 aliphatic heterocycles. The molecule has 2 saturated heterocycles. The van der Waals surface area contributed by atoms with Gasteiger partial charge in [0.15, 0.2) is 0 Å². The SMILES string of the molecule is CCCC(C)[C@]1(c2ccccc2)CC[C@@]2(CCC(C(C)CC(=O)N3C[C@@H](C)[C@@H](O)C3)C(=O)N2CC2CCC2)CC1. The average molecular weight is 551 g/mol. The van der Waals surface area contributed by atoms with Gasteiger partial charge in [-0.05, 0) is 80.1 Å². The van der Waals surface area contributed by atoms with Gasteiger partial charge in [0.05, 0.1) is 6.10 Å². The van der Waals surface area contributed by atoms with Gasteiger partial charge < -0.3 is 14.9 Å². The van der Waals surface area contributed by atoms with Gasteiger partial charge in [-0.15, -0.1) is 0 Å². The first-order chi connectivity index (χ1) is 19.2. The zero-order valence-electron chi connectivity index (χ0n) is 25.6. The van der Waals surface area contributed by atoms with Gasteiger partial charge >= 0.3 is 0 Å². The maximum Gasteiger partial charge on any atom is 0.226 e. The number of benzene rings is 1. The van der Waals surface area contributed by atoms with Crippen molar-refractivity contribution >= 4 is 11.8 Å². The molecule has 2 saturated carbocycles. The van der Waals surface area contributed by atoms with Crippen LogP contribution in [0, 0.1) is 29.6 Å². The normalized spacial score (nSPS) is 34.6. The minimum absolute atomic E-state index is 0.0222. The van der Waals surface area contributed by atoms with Crippen LogP contribution in [-0.4, -0.2) is 58.0 Å². The van der Waals surface area contributed by atoms with Gasteiger partial charge in [0, 0.05) is 43.4 Å². The molecule has 40 heavy (non-hydrogen) atoms. The Kier molecular flexibility index (Phi) is 9.00. The molecule has 3 unspecified atom stereocenters. The van der Waals surface area contributed by atoms with Crippen molar-refractivity contribution in [1.29, 1.82) is 0 Å². The number of rotatable bonds is 9. The molecule has 5 heteroatoms. The lowest BCUT2D eigenvalue weighted by molar-refractivity contribution is -0.156. The first kappa shape index (κ1) is 29.6. The minimum Gasteiger partial charge on any atom is -0.391 e. The van der Waals surface area contributed by atoms with E-state index in [9.17, 15) is 14.7 Å². The smallest absolute Gasteiger partial charge is 0.226 e. The molecule has 1 spiro atoms. The van der Waals surface area contributed by atoms with Crippen LogP contribution in [0.5, 0.6) is 0 Å². The van der Waals surface area contributed by atoms with Gasteiger partial charge in [-0.25, -0.2) is 0 Å². The van der Waals surface area contributed by atoms with Crippen LogP contribution in [0.1, 0.15) is 110 Å². The molecule has 4 fully saturated rings. The van der Waals surface area contributed by atoms with Crippen LogP contribution in [0.3, 0.4) is 0 Å². The fourth-order valence-corrected chi connectivity index (χ4v) is 8.79. The molecule has 1 aromatic carbocycles. The lowest BCUT2D eigenvalue weighted by Gasteiger charge is -2.58. The average Bonchev–Trinajstić information content (AvgIpc) is 3.26. The number of hydrogen-bond acceptors (Lipinski definition) is 3. The quantitative estimate of drug-likeness (QED) is 0.378. The highest BCUT2D eigenvalue weighted by Crippen LogP contribution is 2.54. The first-order valence-corrected chi connectivity index (χ1v) is 16.5. The Morgan fingerprint density at radius 3 is 2.30 bits per heavy atom.